The van der Waals surface area contributed by atoms with Gasteiger partial charge in [-0.05, 0) is 39.7 Å². The van der Waals surface area contributed by atoms with Crippen LogP contribution in [0.3, 0.4) is 0 Å². The molecule has 19 heavy (non-hydrogen) atoms. The third kappa shape index (κ3) is 2.16. The molecule has 2 aromatic rings. The minimum atomic E-state index is -0.897. The van der Waals surface area contributed by atoms with Crippen molar-refractivity contribution in [3.8, 4) is 0 Å². The first kappa shape index (κ1) is 12.3. The van der Waals surface area contributed by atoms with Crippen molar-refractivity contribution in [1.82, 2.24) is 9.47 Å². The summed E-state index contributed by atoms with van der Waals surface area (Å²) in [7, 11) is 0. The van der Waals surface area contributed by atoms with E-state index in [0.717, 1.165) is 22.3 Å². The number of rotatable bonds is 2. The van der Waals surface area contributed by atoms with Crippen LogP contribution in [0.4, 0.5) is 13.6 Å². The van der Waals surface area contributed by atoms with Gasteiger partial charge in [-0.15, -0.1) is 0 Å². The number of hydrogen-bond donors (Lipinski definition) is 0. The second-order valence-electron chi connectivity index (χ2n) is 4.41. The largest absolute Gasteiger partial charge is 0.329 e. The Morgan fingerprint density at radius 1 is 1.21 bits per heavy atom. The highest BCUT2D eigenvalue weighted by molar-refractivity contribution is 9.10. The predicted octanol–water partition coefficient (Wildman–Crippen LogP) is 3.51. The molecular weight excluding hydrogens is 318 g/mol. The van der Waals surface area contributed by atoms with Gasteiger partial charge in [-0.25, -0.2) is 13.6 Å². The number of fused-ring (bicyclic) bond motifs is 1. The van der Waals surface area contributed by atoms with Gasteiger partial charge in [-0.1, -0.05) is 6.07 Å². The summed E-state index contributed by atoms with van der Waals surface area (Å²) in [5.41, 5.74) is 1.44. The average Bonchev–Trinajstić information content (AvgIpc) is 2.84. The molecule has 0 spiro atoms. The smallest absolute Gasteiger partial charge is 0.314 e. The van der Waals surface area contributed by atoms with Crippen molar-refractivity contribution in [2.75, 3.05) is 0 Å². The predicted molar refractivity (Wildman–Crippen MR) is 68.5 cm³/mol. The molecule has 1 aromatic carbocycles. The maximum Gasteiger partial charge on any atom is 0.329 e. The Balaban J connectivity index is 1.80. The number of carbonyl (C=O) groups excluding carboxylic acids is 1. The molecule has 0 aliphatic carbocycles. The van der Waals surface area contributed by atoms with Gasteiger partial charge in [0.05, 0.1) is 6.54 Å². The molecule has 0 fully saturated rings. The Morgan fingerprint density at radius 3 is 2.68 bits per heavy atom. The molecule has 1 aliphatic rings. The van der Waals surface area contributed by atoms with Crippen molar-refractivity contribution in [3.63, 3.8) is 0 Å². The first-order valence-corrected chi connectivity index (χ1v) is 6.44. The lowest BCUT2D eigenvalue weighted by Gasteiger charge is -2.15. The maximum absolute atomic E-state index is 13.1. The molecule has 0 bridgehead atoms. The molecule has 2 heterocycles. The molecule has 98 valence electrons. The number of carbonyl (C=O) groups is 1. The fraction of sp³-hybridized carbons (Fsp3) is 0.154. The Kier molecular flexibility index (Phi) is 2.89. The first-order chi connectivity index (χ1) is 9.04. The van der Waals surface area contributed by atoms with Gasteiger partial charge in [0.25, 0.3) is 0 Å². The quantitative estimate of drug-likeness (QED) is 0.829. The van der Waals surface area contributed by atoms with Gasteiger partial charge in [0.2, 0.25) is 0 Å². The number of halogens is 3. The van der Waals surface area contributed by atoms with E-state index in [1.165, 1.54) is 6.07 Å². The lowest BCUT2D eigenvalue weighted by molar-refractivity contribution is 0.207. The summed E-state index contributed by atoms with van der Waals surface area (Å²) in [6.07, 6.45) is 1.70. The standard InChI is InChI=1S/C13H9BrF2N2O/c14-9-4-10-7-17(13(19)18(10)6-9)5-8-1-2-11(15)12(16)3-8/h1-4,6H,5,7H2. The summed E-state index contributed by atoms with van der Waals surface area (Å²) in [4.78, 5) is 13.6. The van der Waals surface area contributed by atoms with Crippen LogP contribution in [0.1, 0.15) is 11.3 Å². The van der Waals surface area contributed by atoms with Gasteiger partial charge in [0.1, 0.15) is 0 Å². The van der Waals surface area contributed by atoms with Crippen LogP contribution < -0.4 is 0 Å². The monoisotopic (exact) mass is 326 g/mol. The Morgan fingerprint density at radius 2 is 2.00 bits per heavy atom. The molecule has 0 radical (unpaired) electrons. The highest BCUT2D eigenvalue weighted by Gasteiger charge is 2.27. The van der Waals surface area contributed by atoms with E-state index in [0.29, 0.717) is 12.1 Å². The number of nitrogens with zero attached hydrogens (tertiary/aromatic N) is 2. The van der Waals surface area contributed by atoms with Crippen LogP contribution in [0.25, 0.3) is 0 Å². The highest BCUT2D eigenvalue weighted by atomic mass is 79.9. The number of aromatic nitrogens is 1. The molecule has 1 aromatic heterocycles. The highest BCUT2D eigenvalue weighted by Crippen LogP contribution is 2.24. The van der Waals surface area contributed by atoms with Gasteiger partial charge in [-0.3, -0.25) is 4.57 Å². The summed E-state index contributed by atoms with van der Waals surface area (Å²) in [6.45, 7) is 0.721. The molecule has 3 nitrogen and oxygen atoms in total. The third-order valence-corrected chi connectivity index (χ3v) is 3.49. The zero-order valence-electron chi connectivity index (χ0n) is 9.74. The molecule has 0 saturated carbocycles. The molecule has 1 aliphatic heterocycles. The van der Waals surface area contributed by atoms with Crippen molar-refractivity contribution >= 4 is 22.0 Å². The van der Waals surface area contributed by atoms with Gasteiger partial charge in [0, 0.05) is 22.9 Å². The Labute approximate surface area is 116 Å². The summed E-state index contributed by atoms with van der Waals surface area (Å²) >= 11 is 3.31. The van der Waals surface area contributed by atoms with Crippen molar-refractivity contribution in [1.29, 1.82) is 0 Å². The van der Waals surface area contributed by atoms with Crippen LogP contribution in [-0.4, -0.2) is 15.5 Å². The number of benzene rings is 1. The second-order valence-corrected chi connectivity index (χ2v) is 5.32. The fourth-order valence-electron chi connectivity index (χ4n) is 2.17. The normalized spacial score (nSPS) is 14.1. The van der Waals surface area contributed by atoms with Crippen molar-refractivity contribution in [2.24, 2.45) is 0 Å². The molecule has 6 heteroatoms. The third-order valence-electron chi connectivity index (χ3n) is 3.05. The Bertz CT molecular complexity index is 669. The van der Waals surface area contributed by atoms with Crippen molar-refractivity contribution < 1.29 is 13.6 Å². The number of hydrogen-bond acceptors (Lipinski definition) is 1. The van der Waals surface area contributed by atoms with Crippen molar-refractivity contribution in [3.05, 3.63) is 57.8 Å². The summed E-state index contributed by atoms with van der Waals surface area (Å²) < 4.78 is 28.3. The van der Waals surface area contributed by atoms with Crippen LogP contribution >= 0.6 is 15.9 Å². The van der Waals surface area contributed by atoms with Gasteiger partial charge >= 0.3 is 6.03 Å². The minimum Gasteiger partial charge on any atom is -0.314 e. The second kappa shape index (κ2) is 4.45. The average molecular weight is 327 g/mol. The van der Waals surface area contributed by atoms with E-state index >= 15 is 0 Å². The zero-order valence-corrected chi connectivity index (χ0v) is 11.3. The topological polar surface area (TPSA) is 25.2 Å². The first-order valence-electron chi connectivity index (χ1n) is 5.64. The van der Waals surface area contributed by atoms with E-state index in [-0.39, 0.29) is 12.6 Å². The van der Waals surface area contributed by atoms with Crippen LogP contribution in [0.2, 0.25) is 0 Å². The van der Waals surface area contributed by atoms with Gasteiger partial charge in [-0.2, -0.15) is 0 Å². The molecule has 0 N–H and O–H groups in total. The molecule has 0 unspecified atom stereocenters. The molecule has 0 saturated heterocycles. The maximum atomic E-state index is 13.1. The van der Waals surface area contributed by atoms with Crippen LogP contribution in [-0.2, 0) is 13.1 Å². The van der Waals surface area contributed by atoms with E-state index in [2.05, 4.69) is 15.9 Å². The zero-order chi connectivity index (χ0) is 13.6. The summed E-state index contributed by atoms with van der Waals surface area (Å²) in [5.74, 6) is -1.78. The number of amides is 1. The van der Waals surface area contributed by atoms with E-state index in [1.807, 2.05) is 6.07 Å². The Hall–Kier alpha value is -1.69. The van der Waals surface area contributed by atoms with E-state index in [4.69, 9.17) is 0 Å². The molecule has 3 rings (SSSR count). The molecule has 1 amide bonds. The van der Waals surface area contributed by atoms with E-state index in [1.54, 1.807) is 15.7 Å². The summed E-state index contributed by atoms with van der Waals surface area (Å²) in [6, 6.07) is 5.37. The van der Waals surface area contributed by atoms with E-state index < -0.39 is 11.6 Å². The molecule has 0 atom stereocenters. The van der Waals surface area contributed by atoms with Gasteiger partial charge in [0.15, 0.2) is 11.6 Å². The van der Waals surface area contributed by atoms with Crippen LogP contribution in [0.5, 0.6) is 0 Å². The van der Waals surface area contributed by atoms with Gasteiger partial charge < -0.3 is 4.90 Å². The summed E-state index contributed by atoms with van der Waals surface area (Å²) in [5, 5.41) is 0. The van der Waals surface area contributed by atoms with Crippen LogP contribution in [0.15, 0.2) is 34.9 Å². The lowest BCUT2D eigenvalue weighted by Crippen LogP contribution is -2.25. The van der Waals surface area contributed by atoms with E-state index in [9.17, 15) is 13.6 Å². The van der Waals surface area contributed by atoms with Crippen molar-refractivity contribution in [2.45, 2.75) is 13.1 Å². The lowest BCUT2D eigenvalue weighted by atomic mass is 10.2. The molecular formula is C13H9BrF2N2O. The van der Waals surface area contributed by atoms with Crippen LogP contribution in [0, 0.1) is 11.6 Å². The SMILES string of the molecule is O=C1N(Cc2ccc(F)c(F)c2)Cc2cc(Br)cn21. The minimum absolute atomic E-state index is 0.162. The fourth-order valence-corrected chi connectivity index (χ4v) is 2.64.